The van der Waals surface area contributed by atoms with Crippen molar-refractivity contribution >= 4 is 0 Å². The molecule has 2 nitrogen and oxygen atoms in total. The van der Waals surface area contributed by atoms with Gasteiger partial charge in [0.05, 0.1) is 5.56 Å². The minimum Gasteiger partial charge on any atom is -0.367 e. The van der Waals surface area contributed by atoms with E-state index < -0.39 is 11.7 Å². The first-order valence-corrected chi connectivity index (χ1v) is 5.54. The molecule has 2 rings (SSSR count). The van der Waals surface area contributed by atoms with Crippen molar-refractivity contribution < 1.29 is 13.2 Å². The summed E-state index contributed by atoms with van der Waals surface area (Å²) in [5.74, 6) is 0. The zero-order valence-electron chi connectivity index (χ0n) is 9.59. The number of hydrogen-bond acceptors (Lipinski definition) is 1. The minimum absolute atomic E-state index is 0.412. The van der Waals surface area contributed by atoms with Crippen LogP contribution in [0.4, 0.5) is 13.2 Å². The van der Waals surface area contributed by atoms with Crippen molar-refractivity contribution in [3.8, 4) is 0 Å². The van der Waals surface area contributed by atoms with E-state index in [1.165, 1.54) is 12.1 Å². The van der Waals surface area contributed by atoms with Gasteiger partial charge in [-0.05, 0) is 23.3 Å². The Bertz CT molecular complexity index is 489. The van der Waals surface area contributed by atoms with Crippen LogP contribution in [-0.4, -0.2) is 4.98 Å². The summed E-state index contributed by atoms with van der Waals surface area (Å²) in [4.78, 5) is 2.92. The molecule has 0 saturated heterocycles. The summed E-state index contributed by atoms with van der Waals surface area (Å²) in [6.45, 7) is 1.04. The van der Waals surface area contributed by atoms with Crippen molar-refractivity contribution in [1.82, 2.24) is 10.3 Å². The predicted molar refractivity (Wildman–Crippen MR) is 62.8 cm³/mol. The SMILES string of the molecule is FC(F)(F)c1cccc(CNCc2cc[nH]c2)c1. The number of aromatic nitrogens is 1. The van der Waals surface area contributed by atoms with Gasteiger partial charge in [-0.3, -0.25) is 0 Å². The maximum absolute atomic E-state index is 12.5. The lowest BCUT2D eigenvalue weighted by atomic mass is 10.1. The Morgan fingerprint density at radius 3 is 2.50 bits per heavy atom. The highest BCUT2D eigenvalue weighted by atomic mass is 19.4. The molecule has 0 aliphatic rings. The number of rotatable bonds is 4. The van der Waals surface area contributed by atoms with Crippen LogP contribution in [0.2, 0.25) is 0 Å². The number of benzene rings is 1. The minimum atomic E-state index is -4.28. The molecule has 0 fully saturated rings. The molecular weight excluding hydrogens is 241 g/mol. The maximum Gasteiger partial charge on any atom is 0.416 e. The van der Waals surface area contributed by atoms with Gasteiger partial charge in [0, 0.05) is 25.5 Å². The second-order valence-corrected chi connectivity index (χ2v) is 4.02. The Hall–Kier alpha value is -1.75. The quantitative estimate of drug-likeness (QED) is 0.860. The van der Waals surface area contributed by atoms with Gasteiger partial charge in [0.25, 0.3) is 0 Å². The van der Waals surface area contributed by atoms with Crippen molar-refractivity contribution in [2.75, 3.05) is 0 Å². The highest BCUT2D eigenvalue weighted by Gasteiger charge is 2.30. The second kappa shape index (κ2) is 5.27. The van der Waals surface area contributed by atoms with Gasteiger partial charge in [0.1, 0.15) is 0 Å². The van der Waals surface area contributed by atoms with Gasteiger partial charge >= 0.3 is 6.18 Å². The molecule has 1 heterocycles. The third-order valence-corrected chi connectivity index (χ3v) is 2.57. The van der Waals surface area contributed by atoms with Crippen LogP contribution in [0.3, 0.4) is 0 Å². The normalized spacial score (nSPS) is 11.7. The zero-order valence-corrected chi connectivity index (χ0v) is 9.59. The second-order valence-electron chi connectivity index (χ2n) is 4.02. The van der Waals surface area contributed by atoms with Crippen molar-refractivity contribution in [3.63, 3.8) is 0 Å². The molecule has 1 aromatic carbocycles. The third kappa shape index (κ3) is 3.37. The largest absolute Gasteiger partial charge is 0.416 e. The van der Waals surface area contributed by atoms with Gasteiger partial charge in [-0.15, -0.1) is 0 Å². The highest BCUT2D eigenvalue weighted by Crippen LogP contribution is 2.29. The van der Waals surface area contributed by atoms with E-state index in [1.54, 1.807) is 12.3 Å². The molecule has 0 spiro atoms. The van der Waals surface area contributed by atoms with Gasteiger partial charge in [-0.1, -0.05) is 18.2 Å². The van der Waals surface area contributed by atoms with E-state index in [1.807, 2.05) is 12.3 Å². The van der Waals surface area contributed by atoms with E-state index in [0.29, 0.717) is 18.7 Å². The van der Waals surface area contributed by atoms with Crippen LogP contribution in [0.25, 0.3) is 0 Å². The van der Waals surface area contributed by atoms with E-state index in [-0.39, 0.29) is 0 Å². The van der Waals surface area contributed by atoms with Crippen LogP contribution in [0.5, 0.6) is 0 Å². The Labute approximate surface area is 103 Å². The summed E-state index contributed by atoms with van der Waals surface area (Å²) < 4.78 is 37.5. The summed E-state index contributed by atoms with van der Waals surface area (Å²) in [6, 6.07) is 7.27. The molecule has 0 unspecified atom stereocenters. The first-order chi connectivity index (χ1) is 8.55. The van der Waals surface area contributed by atoms with Crippen LogP contribution in [0.15, 0.2) is 42.7 Å². The van der Waals surface area contributed by atoms with Crippen molar-refractivity contribution in [3.05, 3.63) is 59.4 Å². The van der Waals surface area contributed by atoms with Crippen LogP contribution >= 0.6 is 0 Å². The number of H-pyrrole nitrogens is 1. The van der Waals surface area contributed by atoms with Gasteiger partial charge < -0.3 is 10.3 Å². The van der Waals surface area contributed by atoms with Crippen molar-refractivity contribution in [1.29, 1.82) is 0 Å². The number of nitrogens with one attached hydrogen (secondary N) is 2. The molecule has 18 heavy (non-hydrogen) atoms. The molecule has 0 bridgehead atoms. The number of hydrogen-bond donors (Lipinski definition) is 2. The molecule has 0 aliphatic heterocycles. The predicted octanol–water partition coefficient (Wildman–Crippen LogP) is 3.32. The first-order valence-electron chi connectivity index (χ1n) is 5.54. The summed E-state index contributed by atoms with van der Waals surface area (Å²) in [7, 11) is 0. The highest BCUT2D eigenvalue weighted by molar-refractivity contribution is 5.25. The molecule has 0 atom stereocenters. The summed E-state index contributed by atoms with van der Waals surface area (Å²) >= 11 is 0. The molecule has 0 saturated carbocycles. The maximum atomic E-state index is 12.5. The smallest absolute Gasteiger partial charge is 0.367 e. The molecule has 1 aromatic heterocycles. The monoisotopic (exact) mass is 254 g/mol. The third-order valence-electron chi connectivity index (χ3n) is 2.57. The zero-order chi connectivity index (χ0) is 13.0. The molecule has 5 heteroatoms. The standard InChI is InChI=1S/C13H13F3N2/c14-13(15,16)12-3-1-2-10(6-12)7-18-9-11-4-5-17-8-11/h1-6,8,17-18H,7,9H2. The van der Waals surface area contributed by atoms with Gasteiger partial charge in [0.2, 0.25) is 0 Å². The van der Waals surface area contributed by atoms with Crippen molar-refractivity contribution in [2.45, 2.75) is 19.3 Å². The van der Waals surface area contributed by atoms with E-state index >= 15 is 0 Å². The molecule has 96 valence electrons. The average Bonchev–Trinajstić information content (AvgIpc) is 2.81. The van der Waals surface area contributed by atoms with Crippen molar-refractivity contribution in [2.24, 2.45) is 0 Å². The van der Waals surface area contributed by atoms with E-state index in [4.69, 9.17) is 0 Å². The molecule has 0 radical (unpaired) electrons. The number of alkyl halides is 3. The van der Waals surface area contributed by atoms with Crippen LogP contribution in [-0.2, 0) is 19.3 Å². The topological polar surface area (TPSA) is 27.8 Å². The lowest BCUT2D eigenvalue weighted by molar-refractivity contribution is -0.137. The van der Waals surface area contributed by atoms with Gasteiger partial charge in [0.15, 0.2) is 0 Å². The van der Waals surface area contributed by atoms with Gasteiger partial charge in [-0.25, -0.2) is 0 Å². The molecule has 2 aromatic rings. The molecular formula is C13H13F3N2. The van der Waals surface area contributed by atoms with E-state index in [9.17, 15) is 13.2 Å². The Kier molecular flexibility index (Phi) is 3.72. The Morgan fingerprint density at radius 2 is 1.83 bits per heavy atom. The molecule has 2 N–H and O–H groups in total. The van der Waals surface area contributed by atoms with E-state index in [0.717, 1.165) is 11.6 Å². The van der Waals surface area contributed by atoms with Gasteiger partial charge in [-0.2, -0.15) is 13.2 Å². The molecule has 0 amide bonds. The fourth-order valence-corrected chi connectivity index (χ4v) is 1.68. The fourth-order valence-electron chi connectivity index (χ4n) is 1.68. The first kappa shape index (κ1) is 12.7. The van der Waals surface area contributed by atoms with Crippen LogP contribution in [0.1, 0.15) is 16.7 Å². The number of halogens is 3. The van der Waals surface area contributed by atoms with E-state index in [2.05, 4.69) is 10.3 Å². The lowest BCUT2D eigenvalue weighted by Gasteiger charge is -2.09. The Balaban J connectivity index is 1.93. The average molecular weight is 254 g/mol. The molecule has 0 aliphatic carbocycles. The lowest BCUT2D eigenvalue weighted by Crippen LogP contribution is -2.13. The Morgan fingerprint density at radius 1 is 1.06 bits per heavy atom. The summed E-state index contributed by atoms with van der Waals surface area (Å²) in [5, 5.41) is 3.10. The van der Waals surface area contributed by atoms with Crippen LogP contribution < -0.4 is 5.32 Å². The fraction of sp³-hybridized carbons (Fsp3) is 0.231. The summed E-state index contributed by atoms with van der Waals surface area (Å²) in [6.07, 6.45) is -0.628. The summed E-state index contributed by atoms with van der Waals surface area (Å²) in [5.41, 5.74) is 1.09. The number of aromatic amines is 1. The van der Waals surface area contributed by atoms with Crippen LogP contribution in [0, 0.1) is 0 Å².